The minimum absolute atomic E-state index is 0.0544. The summed E-state index contributed by atoms with van der Waals surface area (Å²) in [6, 6.07) is 16.6. The summed E-state index contributed by atoms with van der Waals surface area (Å²) in [5.41, 5.74) is 1.50. The number of alkyl halides is 3. The number of rotatable bonds is 5. The van der Waals surface area contributed by atoms with Gasteiger partial charge in [0, 0.05) is 31.0 Å². The number of carbonyl (C=O) groups excluding carboxylic acids is 1. The summed E-state index contributed by atoms with van der Waals surface area (Å²) in [5.74, 6) is -0.0605. The van der Waals surface area contributed by atoms with Gasteiger partial charge in [-0.15, -0.1) is 0 Å². The highest BCUT2D eigenvalue weighted by Gasteiger charge is 2.37. The van der Waals surface area contributed by atoms with Crippen LogP contribution in [0, 0.1) is 0 Å². The van der Waals surface area contributed by atoms with Crippen LogP contribution in [0.25, 0.3) is 22.8 Å². The Kier molecular flexibility index (Phi) is 5.20. The van der Waals surface area contributed by atoms with E-state index in [1.165, 1.54) is 23.1 Å². The fourth-order valence-corrected chi connectivity index (χ4v) is 3.94. The van der Waals surface area contributed by atoms with Gasteiger partial charge in [-0.1, -0.05) is 53.7 Å². The molecule has 0 saturated carbocycles. The van der Waals surface area contributed by atoms with Gasteiger partial charge in [0.05, 0.1) is 11.3 Å². The molecule has 1 unspecified atom stereocenters. The largest absolute Gasteiger partial charge is 0.416 e. The zero-order chi connectivity index (χ0) is 23.0. The molecule has 3 heterocycles. The van der Waals surface area contributed by atoms with Gasteiger partial charge >= 0.3 is 6.18 Å². The van der Waals surface area contributed by atoms with E-state index < -0.39 is 11.7 Å². The normalized spacial score (nSPS) is 16.5. The second-order valence-corrected chi connectivity index (χ2v) is 7.82. The number of amides is 1. The summed E-state index contributed by atoms with van der Waals surface area (Å²) in [6.45, 7) is 0.0823. The summed E-state index contributed by atoms with van der Waals surface area (Å²) < 4.78 is 45.2. The van der Waals surface area contributed by atoms with Crippen LogP contribution in [0.5, 0.6) is 0 Å². The number of benzene rings is 2. The number of aromatic nitrogens is 4. The van der Waals surface area contributed by atoms with Crippen molar-refractivity contribution in [1.82, 2.24) is 25.2 Å². The number of hydrogen-bond acceptors (Lipinski definition) is 5. The number of likely N-dealkylation sites (tertiary alicyclic amines) is 1. The molecule has 7 nitrogen and oxygen atoms in total. The number of hydrogen-bond donors (Lipinski definition) is 1. The second-order valence-electron chi connectivity index (χ2n) is 7.82. The van der Waals surface area contributed by atoms with E-state index in [1.807, 2.05) is 30.3 Å². The Bertz CT molecular complexity index is 1280. The van der Waals surface area contributed by atoms with Crippen LogP contribution >= 0.6 is 0 Å². The first-order chi connectivity index (χ1) is 15.9. The molecule has 1 N–H and O–H groups in total. The number of carbonyl (C=O) groups is 1. The topological polar surface area (TPSA) is 87.9 Å². The van der Waals surface area contributed by atoms with Gasteiger partial charge < -0.3 is 9.42 Å². The molecule has 2 aromatic carbocycles. The Labute approximate surface area is 186 Å². The van der Waals surface area contributed by atoms with E-state index in [0.29, 0.717) is 11.5 Å². The molecule has 5 rings (SSSR count). The van der Waals surface area contributed by atoms with E-state index in [4.69, 9.17) is 4.52 Å². The highest BCUT2D eigenvalue weighted by molar-refractivity contribution is 5.79. The van der Waals surface area contributed by atoms with Crippen molar-refractivity contribution >= 4 is 5.91 Å². The predicted octanol–water partition coefficient (Wildman–Crippen LogP) is 4.66. The number of nitrogens with zero attached hydrogens (tertiary/aromatic N) is 4. The molecule has 1 saturated heterocycles. The van der Waals surface area contributed by atoms with Gasteiger partial charge in [0.25, 0.3) is 5.89 Å². The van der Waals surface area contributed by atoms with Gasteiger partial charge in [-0.25, -0.2) is 0 Å². The zero-order valence-electron chi connectivity index (χ0n) is 17.2. The maximum Gasteiger partial charge on any atom is 0.416 e. The molecule has 4 aromatic rings. The number of aromatic amines is 1. The number of H-pyrrole nitrogens is 1. The predicted molar refractivity (Wildman–Crippen MR) is 112 cm³/mol. The third kappa shape index (κ3) is 4.23. The standard InChI is InChI=1S/C23H18F3N5O2/c24-23(25,26)17-9-5-4-8-15(17)12-31-13-16(10-20(31)32)21-27-22(33-30-21)19-11-18(28-29-19)14-6-2-1-3-7-14/h1-9,11,16H,10,12-13H2,(H,28,29). The first-order valence-corrected chi connectivity index (χ1v) is 10.3. The van der Waals surface area contributed by atoms with E-state index >= 15 is 0 Å². The average Bonchev–Trinajstić information content (AvgIpc) is 3.54. The first-order valence-electron chi connectivity index (χ1n) is 10.3. The maximum atomic E-state index is 13.3. The minimum atomic E-state index is -4.48. The summed E-state index contributed by atoms with van der Waals surface area (Å²) in [5, 5.41) is 11.1. The van der Waals surface area contributed by atoms with Crippen molar-refractivity contribution in [3.05, 3.63) is 77.6 Å². The molecule has 168 valence electrons. The maximum absolute atomic E-state index is 13.3. The van der Waals surface area contributed by atoms with Crippen molar-refractivity contribution in [3.8, 4) is 22.8 Å². The summed E-state index contributed by atoms with van der Waals surface area (Å²) in [4.78, 5) is 18.3. The van der Waals surface area contributed by atoms with Crippen LogP contribution in [0.2, 0.25) is 0 Å². The second kappa shape index (κ2) is 8.19. The molecule has 10 heteroatoms. The van der Waals surface area contributed by atoms with E-state index in [2.05, 4.69) is 20.3 Å². The molecular formula is C23H18F3N5O2. The molecule has 0 spiro atoms. The quantitative estimate of drug-likeness (QED) is 0.475. The lowest BCUT2D eigenvalue weighted by atomic mass is 10.1. The van der Waals surface area contributed by atoms with E-state index in [1.54, 1.807) is 6.07 Å². The molecule has 0 aliphatic carbocycles. The van der Waals surface area contributed by atoms with Gasteiger partial charge in [-0.2, -0.15) is 23.3 Å². The van der Waals surface area contributed by atoms with Crippen molar-refractivity contribution in [2.24, 2.45) is 0 Å². The number of nitrogens with one attached hydrogen (secondary N) is 1. The Morgan fingerprint density at radius 3 is 2.64 bits per heavy atom. The smallest absolute Gasteiger partial charge is 0.338 e. The van der Waals surface area contributed by atoms with Gasteiger partial charge in [0.15, 0.2) is 5.82 Å². The van der Waals surface area contributed by atoms with Crippen LogP contribution in [-0.2, 0) is 17.5 Å². The third-order valence-corrected chi connectivity index (χ3v) is 5.58. The summed E-state index contributed by atoms with van der Waals surface area (Å²) >= 11 is 0. The van der Waals surface area contributed by atoms with Crippen LogP contribution in [0.3, 0.4) is 0 Å². The molecule has 1 aliphatic rings. The molecule has 33 heavy (non-hydrogen) atoms. The molecule has 1 atom stereocenters. The van der Waals surface area contributed by atoms with Gasteiger partial charge in [0.1, 0.15) is 5.69 Å². The molecule has 0 radical (unpaired) electrons. The van der Waals surface area contributed by atoms with Gasteiger partial charge in [0.2, 0.25) is 5.91 Å². The van der Waals surface area contributed by atoms with Crippen molar-refractivity contribution in [2.45, 2.75) is 25.1 Å². The van der Waals surface area contributed by atoms with Gasteiger partial charge in [-0.05, 0) is 17.7 Å². The molecule has 2 aromatic heterocycles. The van der Waals surface area contributed by atoms with Crippen LogP contribution < -0.4 is 0 Å². The third-order valence-electron chi connectivity index (χ3n) is 5.58. The lowest BCUT2D eigenvalue weighted by Gasteiger charge is -2.19. The van der Waals surface area contributed by atoms with Crippen molar-refractivity contribution in [1.29, 1.82) is 0 Å². The lowest BCUT2D eigenvalue weighted by molar-refractivity contribution is -0.139. The number of halogens is 3. The van der Waals surface area contributed by atoms with Gasteiger partial charge in [-0.3, -0.25) is 9.89 Å². The fourth-order valence-electron chi connectivity index (χ4n) is 3.94. The fraction of sp³-hybridized carbons (Fsp3) is 0.217. The first kappa shape index (κ1) is 20.9. The highest BCUT2D eigenvalue weighted by atomic mass is 19.4. The summed E-state index contributed by atoms with van der Waals surface area (Å²) in [6.07, 6.45) is -4.38. The summed E-state index contributed by atoms with van der Waals surface area (Å²) in [7, 11) is 0. The Morgan fingerprint density at radius 2 is 1.85 bits per heavy atom. The average molecular weight is 453 g/mol. The molecule has 1 amide bonds. The van der Waals surface area contributed by atoms with Crippen LogP contribution in [0.15, 0.2) is 65.2 Å². The zero-order valence-corrected chi connectivity index (χ0v) is 17.2. The molecular weight excluding hydrogens is 435 g/mol. The van der Waals surface area contributed by atoms with Crippen LogP contribution in [-0.4, -0.2) is 37.7 Å². The van der Waals surface area contributed by atoms with Crippen LogP contribution in [0.4, 0.5) is 13.2 Å². The minimum Gasteiger partial charge on any atom is -0.338 e. The lowest BCUT2D eigenvalue weighted by Crippen LogP contribution is -2.26. The monoisotopic (exact) mass is 453 g/mol. The molecule has 1 fully saturated rings. The Hall–Kier alpha value is -3.95. The van der Waals surface area contributed by atoms with Crippen molar-refractivity contribution in [3.63, 3.8) is 0 Å². The van der Waals surface area contributed by atoms with Crippen LogP contribution in [0.1, 0.15) is 29.3 Å². The molecule has 1 aliphatic heterocycles. The van der Waals surface area contributed by atoms with Crippen molar-refractivity contribution in [2.75, 3.05) is 6.54 Å². The van der Waals surface area contributed by atoms with E-state index in [0.717, 1.165) is 17.3 Å². The van der Waals surface area contributed by atoms with E-state index in [9.17, 15) is 18.0 Å². The van der Waals surface area contributed by atoms with Crippen molar-refractivity contribution < 1.29 is 22.5 Å². The Morgan fingerprint density at radius 1 is 1.09 bits per heavy atom. The highest BCUT2D eigenvalue weighted by Crippen LogP contribution is 2.34. The van der Waals surface area contributed by atoms with E-state index in [-0.39, 0.29) is 42.8 Å². The molecule has 0 bridgehead atoms. The Balaban J connectivity index is 1.31. The SMILES string of the molecule is O=C1CC(c2noc(-c3cc(-c4ccccc4)n[nH]3)n2)CN1Cc1ccccc1C(F)(F)F.